The second-order valence-electron chi connectivity index (χ2n) is 4.11. The Hall–Kier alpha value is -1.53. The molecule has 0 aliphatic carbocycles. The molecule has 5 nitrogen and oxygen atoms in total. The third-order valence-corrected chi connectivity index (χ3v) is 2.58. The Morgan fingerprint density at radius 2 is 1.94 bits per heavy atom. The number of carbonyl (C=O) groups is 1. The molecule has 0 saturated carbocycles. The van der Waals surface area contributed by atoms with Crippen LogP contribution in [-0.4, -0.2) is 23.4 Å². The highest BCUT2D eigenvalue weighted by atomic mass is 16.6. The number of benzene rings is 1. The van der Waals surface area contributed by atoms with Crippen molar-refractivity contribution in [3.63, 3.8) is 0 Å². The molecule has 1 aromatic carbocycles. The molecule has 2 N–H and O–H groups in total. The van der Waals surface area contributed by atoms with E-state index in [1.54, 1.807) is 32.0 Å². The third kappa shape index (κ3) is 1.56. The molecule has 0 fully saturated rings. The van der Waals surface area contributed by atoms with E-state index < -0.39 is 18.9 Å². The van der Waals surface area contributed by atoms with Gasteiger partial charge in [0.15, 0.2) is 0 Å². The van der Waals surface area contributed by atoms with Gasteiger partial charge in [-0.2, -0.15) is 0 Å². The Labute approximate surface area is 93.4 Å². The monoisotopic (exact) mass is 221 g/mol. The number of nitrogens with zero attached hydrogens (tertiary/aromatic N) is 1. The number of cyclic esters (lactones) is 1. The first-order valence-corrected chi connectivity index (χ1v) is 4.91. The standard InChI is InChI=1S/C10H12BNO4/c1-10(2)7-5-3-4-6-8(7)12(11(14)15)9(13)16-10/h3-6,14-15H,1-2H3. The normalized spacial score (nSPS) is 17.8. The molecule has 1 amide bonds. The van der Waals surface area contributed by atoms with Crippen LogP contribution in [0.3, 0.4) is 0 Å². The van der Waals surface area contributed by atoms with Crippen molar-refractivity contribution in [2.75, 3.05) is 4.81 Å². The molecule has 0 radical (unpaired) electrons. The number of amides is 1. The highest BCUT2D eigenvalue weighted by Crippen LogP contribution is 2.38. The number of para-hydroxylation sites is 1. The Kier molecular flexibility index (Phi) is 2.40. The molecular formula is C10H12BNO4. The van der Waals surface area contributed by atoms with Crippen LogP contribution in [0.1, 0.15) is 19.4 Å². The minimum Gasteiger partial charge on any atom is -0.439 e. The Morgan fingerprint density at radius 1 is 1.31 bits per heavy atom. The van der Waals surface area contributed by atoms with Crippen LogP contribution in [0.2, 0.25) is 0 Å². The molecule has 1 aliphatic heterocycles. The Morgan fingerprint density at radius 3 is 2.56 bits per heavy atom. The average Bonchev–Trinajstić information content (AvgIpc) is 2.15. The lowest BCUT2D eigenvalue weighted by Gasteiger charge is -2.38. The van der Waals surface area contributed by atoms with E-state index in [2.05, 4.69) is 0 Å². The summed E-state index contributed by atoms with van der Waals surface area (Å²) in [7, 11) is -1.90. The van der Waals surface area contributed by atoms with Crippen molar-refractivity contribution in [2.24, 2.45) is 0 Å². The van der Waals surface area contributed by atoms with Crippen molar-refractivity contribution in [2.45, 2.75) is 19.4 Å². The summed E-state index contributed by atoms with van der Waals surface area (Å²) in [6.45, 7) is 3.51. The summed E-state index contributed by atoms with van der Waals surface area (Å²) < 4.78 is 5.14. The molecule has 1 aliphatic rings. The molecule has 0 aromatic heterocycles. The van der Waals surface area contributed by atoms with Crippen molar-refractivity contribution < 1.29 is 19.6 Å². The van der Waals surface area contributed by atoms with Gasteiger partial charge in [0.1, 0.15) is 5.60 Å². The van der Waals surface area contributed by atoms with Crippen molar-refractivity contribution in [1.29, 1.82) is 0 Å². The first kappa shape index (κ1) is 11.0. The van der Waals surface area contributed by atoms with Crippen LogP contribution >= 0.6 is 0 Å². The van der Waals surface area contributed by atoms with Gasteiger partial charge in [-0.05, 0) is 19.9 Å². The SMILES string of the molecule is CC1(C)OC(=O)N(B(O)O)c2ccccc21. The van der Waals surface area contributed by atoms with Crippen molar-refractivity contribution in [3.8, 4) is 0 Å². The van der Waals surface area contributed by atoms with Crippen LogP contribution in [0.15, 0.2) is 24.3 Å². The second-order valence-corrected chi connectivity index (χ2v) is 4.11. The molecule has 0 spiro atoms. The molecule has 1 aromatic rings. The van der Waals surface area contributed by atoms with E-state index in [-0.39, 0.29) is 0 Å². The minimum atomic E-state index is -1.90. The van der Waals surface area contributed by atoms with Gasteiger partial charge in [-0.3, -0.25) is 4.81 Å². The van der Waals surface area contributed by atoms with Crippen molar-refractivity contribution in [3.05, 3.63) is 29.8 Å². The number of hydrogen-bond acceptors (Lipinski definition) is 4. The quantitative estimate of drug-likeness (QED) is 0.689. The zero-order chi connectivity index (χ0) is 11.9. The molecule has 0 saturated heterocycles. The van der Waals surface area contributed by atoms with Crippen LogP contribution in [0.5, 0.6) is 0 Å². The number of hydrogen-bond donors (Lipinski definition) is 2. The van der Waals surface area contributed by atoms with E-state index in [0.29, 0.717) is 5.69 Å². The molecule has 1 heterocycles. The predicted octanol–water partition coefficient (Wildman–Crippen LogP) is 0.848. The molecule has 0 bridgehead atoms. The second kappa shape index (κ2) is 3.50. The average molecular weight is 221 g/mol. The van der Waals surface area contributed by atoms with Crippen LogP contribution in [0.25, 0.3) is 0 Å². The number of rotatable bonds is 1. The molecule has 6 heteroatoms. The maximum Gasteiger partial charge on any atom is 0.597 e. The topological polar surface area (TPSA) is 70.0 Å². The molecule has 0 atom stereocenters. The summed E-state index contributed by atoms with van der Waals surface area (Å²) in [5.74, 6) is 0. The summed E-state index contributed by atoms with van der Waals surface area (Å²) in [5, 5.41) is 18.3. The van der Waals surface area contributed by atoms with E-state index >= 15 is 0 Å². The number of carbonyl (C=O) groups excluding carboxylic acids is 1. The first-order chi connectivity index (χ1) is 7.43. The molecular weight excluding hydrogens is 209 g/mol. The van der Waals surface area contributed by atoms with E-state index in [1.165, 1.54) is 0 Å². The third-order valence-electron chi connectivity index (χ3n) is 2.58. The summed E-state index contributed by atoms with van der Waals surface area (Å²) in [4.78, 5) is 12.4. The Bertz CT molecular complexity index is 433. The smallest absolute Gasteiger partial charge is 0.439 e. The van der Waals surface area contributed by atoms with Gasteiger partial charge in [0, 0.05) is 11.3 Å². The summed E-state index contributed by atoms with van der Waals surface area (Å²) >= 11 is 0. The van der Waals surface area contributed by atoms with E-state index in [1.807, 2.05) is 6.07 Å². The van der Waals surface area contributed by atoms with Gasteiger partial charge in [0.05, 0.1) is 0 Å². The van der Waals surface area contributed by atoms with Gasteiger partial charge in [0.25, 0.3) is 0 Å². The maximum atomic E-state index is 11.6. The number of ether oxygens (including phenoxy) is 1. The Balaban J connectivity index is 2.59. The highest BCUT2D eigenvalue weighted by molar-refractivity contribution is 6.53. The summed E-state index contributed by atoms with van der Waals surface area (Å²) in [5.41, 5.74) is 0.431. The highest BCUT2D eigenvalue weighted by Gasteiger charge is 2.42. The van der Waals surface area contributed by atoms with E-state index in [0.717, 1.165) is 10.4 Å². The van der Waals surface area contributed by atoms with Crippen LogP contribution in [-0.2, 0) is 10.3 Å². The summed E-state index contributed by atoms with van der Waals surface area (Å²) in [6.07, 6.45) is -0.765. The van der Waals surface area contributed by atoms with Gasteiger partial charge in [-0.25, -0.2) is 4.79 Å². The lowest BCUT2D eigenvalue weighted by Crippen LogP contribution is -2.51. The van der Waals surface area contributed by atoms with E-state index in [9.17, 15) is 4.79 Å². The molecule has 0 unspecified atom stereocenters. The zero-order valence-corrected chi connectivity index (χ0v) is 9.04. The first-order valence-electron chi connectivity index (χ1n) is 4.91. The van der Waals surface area contributed by atoms with E-state index in [4.69, 9.17) is 14.8 Å². The lowest BCUT2D eigenvalue weighted by atomic mass is 9.91. The zero-order valence-electron chi connectivity index (χ0n) is 9.04. The van der Waals surface area contributed by atoms with Crippen molar-refractivity contribution in [1.82, 2.24) is 0 Å². The van der Waals surface area contributed by atoms with Crippen LogP contribution in [0.4, 0.5) is 10.5 Å². The van der Waals surface area contributed by atoms with Gasteiger partial charge in [-0.1, -0.05) is 18.2 Å². The predicted molar refractivity (Wildman–Crippen MR) is 58.6 cm³/mol. The molecule has 16 heavy (non-hydrogen) atoms. The fourth-order valence-corrected chi connectivity index (χ4v) is 1.83. The van der Waals surface area contributed by atoms with Crippen LogP contribution < -0.4 is 4.81 Å². The van der Waals surface area contributed by atoms with Crippen LogP contribution in [0, 0.1) is 0 Å². The minimum absolute atomic E-state index is 0.457. The number of fused-ring (bicyclic) bond motifs is 1. The van der Waals surface area contributed by atoms with Gasteiger partial charge in [-0.15, -0.1) is 0 Å². The fourth-order valence-electron chi connectivity index (χ4n) is 1.83. The summed E-state index contributed by atoms with van der Waals surface area (Å²) in [6, 6.07) is 6.97. The van der Waals surface area contributed by atoms with Gasteiger partial charge < -0.3 is 14.8 Å². The largest absolute Gasteiger partial charge is 0.597 e. The molecule has 84 valence electrons. The maximum absolute atomic E-state index is 11.6. The van der Waals surface area contributed by atoms with Gasteiger partial charge >= 0.3 is 13.3 Å². The molecule has 2 rings (SSSR count). The fraction of sp³-hybridized carbons (Fsp3) is 0.300. The lowest BCUT2D eigenvalue weighted by molar-refractivity contribution is 0.0370. The van der Waals surface area contributed by atoms with Crippen molar-refractivity contribution >= 4 is 19.0 Å². The van der Waals surface area contributed by atoms with Gasteiger partial charge in [0.2, 0.25) is 0 Å². The number of anilines is 1.